The summed E-state index contributed by atoms with van der Waals surface area (Å²) in [4.78, 5) is 26.4. The molecule has 2 atom stereocenters. The maximum atomic E-state index is 12.1. The molecule has 1 aliphatic rings. The number of carbonyl (C=O) groups excluding carboxylic acids is 1. The number of carboxylic acids is 1. The third-order valence-electron chi connectivity index (χ3n) is 4.86. The summed E-state index contributed by atoms with van der Waals surface area (Å²) in [5.41, 5.74) is 3.55. The van der Waals surface area contributed by atoms with Gasteiger partial charge in [-0.2, -0.15) is 0 Å². The van der Waals surface area contributed by atoms with Crippen LogP contribution in [-0.2, 0) is 16.0 Å². The molecule has 3 rings (SSSR count). The second-order valence-electron chi connectivity index (χ2n) is 6.40. The molecule has 0 bridgehead atoms. The maximum absolute atomic E-state index is 12.1. The first-order valence-electron chi connectivity index (χ1n) is 8.12. The second kappa shape index (κ2) is 6.44. The van der Waals surface area contributed by atoms with Gasteiger partial charge in [-0.1, -0.05) is 18.2 Å². The van der Waals surface area contributed by atoms with Crippen LogP contribution in [0.15, 0.2) is 24.4 Å². The van der Waals surface area contributed by atoms with E-state index in [1.54, 1.807) is 0 Å². The minimum absolute atomic E-state index is 0.00947. The number of aromatic nitrogens is 1. The number of amides is 1. The van der Waals surface area contributed by atoms with Crippen LogP contribution >= 0.6 is 0 Å². The number of H-pyrrole nitrogens is 1. The van der Waals surface area contributed by atoms with E-state index < -0.39 is 5.97 Å². The van der Waals surface area contributed by atoms with Crippen LogP contribution in [-0.4, -0.2) is 28.5 Å². The number of rotatable bonds is 5. The van der Waals surface area contributed by atoms with Gasteiger partial charge < -0.3 is 15.4 Å². The summed E-state index contributed by atoms with van der Waals surface area (Å²) in [5, 5.41) is 13.2. The predicted molar refractivity (Wildman–Crippen MR) is 88.2 cm³/mol. The number of carbonyl (C=O) groups is 2. The van der Waals surface area contributed by atoms with Crippen LogP contribution < -0.4 is 5.32 Å². The first kappa shape index (κ1) is 15.6. The third-order valence-corrected chi connectivity index (χ3v) is 4.86. The van der Waals surface area contributed by atoms with Gasteiger partial charge in [-0.15, -0.1) is 0 Å². The van der Waals surface area contributed by atoms with Gasteiger partial charge >= 0.3 is 5.97 Å². The highest BCUT2D eigenvalue weighted by Gasteiger charge is 2.33. The molecule has 0 spiro atoms. The molecule has 1 aromatic carbocycles. The highest BCUT2D eigenvalue weighted by molar-refractivity contribution is 5.86. The van der Waals surface area contributed by atoms with E-state index in [2.05, 4.69) is 29.4 Å². The fourth-order valence-corrected chi connectivity index (χ4v) is 3.48. The number of hydrogen-bond acceptors (Lipinski definition) is 2. The van der Waals surface area contributed by atoms with Crippen LogP contribution in [0.25, 0.3) is 10.9 Å². The first-order valence-corrected chi connectivity index (χ1v) is 8.12. The number of benzene rings is 1. The summed E-state index contributed by atoms with van der Waals surface area (Å²) in [7, 11) is 0. The lowest BCUT2D eigenvalue weighted by atomic mass is 10.0. The molecular formula is C18H22N2O3. The van der Waals surface area contributed by atoms with Crippen LogP contribution in [0.5, 0.6) is 0 Å². The highest BCUT2D eigenvalue weighted by atomic mass is 16.4. The Morgan fingerprint density at radius 3 is 2.83 bits per heavy atom. The van der Waals surface area contributed by atoms with E-state index in [-0.39, 0.29) is 17.7 Å². The number of carboxylic acid groups (broad SMARTS) is 1. The fourth-order valence-electron chi connectivity index (χ4n) is 3.48. The molecule has 23 heavy (non-hydrogen) atoms. The molecular weight excluding hydrogens is 292 g/mol. The molecule has 122 valence electrons. The smallest absolute Gasteiger partial charge is 0.306 e. The molecule has 1 aromatic heterocycles. The summed E-state index contributed by atoms with van der Waals surface area (Å²) in [6.45, 7) is 2.65. The molecule has 1 amide bonds. The molecule has 5 nitrogen and oxygen atoms in total. The lowest BCUT2D eigenvalue weighted by Gasteiger charge is -2.10. The average Bonchev–Trinajstić information content (AvgIpc) is 3.15. The first-order chi connectivity index (χ1) is 11.1. The molecule has 1 fully saturated rings. The summed E-state index contributed by atoms with van der Waals surface area (Å²) in [6.07, 6.45) is 4.52. The maximum Gasteiger partial charge on any atom is 0.306 e. The van der Waals surface area contributed by atoms with Gasteiger partial charge in [-0.05, 0) is 43.7 Å². The van der Waals surface area contributed by atoms with Gasteiger partial charge in [0.25, 0.3) is 0 Å². The molecule has 3 N–H and O–H groups in total. The fraction of sp³-hybridized carbons (Fsp3) is 0.444. The van der Waals surface area contributed by atoms with E-state index >= 15 is 0 Å². The van der Waals surface area contributed by atoms with Crippen molar-refractivity contribution < 1.29 is 14.7 Å². The van der Waals surface area contributed by atoms with Gasteiger partial charge in [-0.3, -0.25) is 9.59 Å². The summed E-state index contributed by atoms with van der Waals surface area (Å²) in [6, 6.07) is 6.20. The van der Waals surface area contributed by atoms with Gasteiger partial charge in [0, 0.05) is 29.6 Å². The van der Waals surface area contributed by atoms with Crippen LogP contribution in [0.3, 0.4) is 0 Å². The van der Waals surface area contributed by atoms with E-state index in [1.165, 1.54) is 16.5 Å². The Bertz CT molecular complexity index is 735. The van der Waals surface area contributed by atoms with Crippen molar-refractivity contribution in [1.29, 1.82) is 0 Å². The van der Waals surface area contributed by atoms with Gasteiger partial charge in [0.05, 0.1) is 5.92 Å². The van der Waals surface area contributed by atoms with Gasteiger partial charge in [0.15, 0.2) is 0 Å². The Hall–Kier alpha value is -2.30. The lowest BCUT2D eigenvalue weighted by Crippen LogP contribution is -2.31. The van der Waals surface area contributed by atoms with Gasteiger partial charge in [-0.25, -0.2) is 0 Å². The van der Waals surface area contributed by atoms with Crippen LogP contribution in [0.2, 0.25) is 0 Å². The number of fused-ring (bicyclic) bond motifs is 1. The normalized spacial score (nSPS) is 20.7. The van der Waals surface area contributed by atoms with E-state index in [0.29, 0.717) is 25.8 Å². The molecule has 5 heteroatoms. The Morgan fingerprint density at radius 2 is 2.09 bits per heavy atom. The molecule has 1 saturated carbocycles. The lowest BCUT2D eigenvalue weighted by molar-refractivity contribution is -0.141. The highest BCUT2D eigenvalue weighted by Crippen LogP contribution is 2.31. The number of aromatic amines is 1. The standard InChI is InChI=1S/C18H22N2O3/c1-11-3-2-4-15-14(10-20-16(11)15)7-8-19-17(21)12-5-6-13(9-12)18(22)23/h2-4,10,12-13,20H,5-9H2,1H3,(H,19,21)(H,22,23)/t12-,13+/m1/s1. The minimum atomic E-state index is -0.783. The number of aryl methyl sites for hydroxylation is 1. The van der Waals surface area contributed by atoms with Crippen LogP contribution in [0.4, 0.5) is 0 Å². The number of aliphatic carboxylic acids is 1. The Kier molecular flexibility index (Phi) is 4.37. The van der Waals surface area contributed by atoms with Crippen molar-refractivity contribution in [1.82, 2.24) is 10.3 Å². The summed E-state index contributed by atoms with van der Waals surface area (Å²) < 4.78 is 0. The van der Waals surface area contributed by atoms with E-state index in [4.69, 9.17) is 5.11 Å². The number of para-hydroxylation sites is 1. The van der Waals surface area contributed by atoms with Gasteiger partial charge in [0.2, 0.25) is 5.91 Å². The monoisotopic (exact) mass is 314 g/mol. The van der Waals surface area contributed by atoms with Crippen molar-refractivity contribution in [3.05, 3.63) is 35.5 Å². The molecule has 0 aliphatic heterocycles. The zero-order valence-electron chi connectivity index (χ0n) is 13.3. The van der Waals surface area contributed by atoms with Crippen molar-refractivity contribution >= 4 is 22.8 Å². The molecule has 2 aromatic rings. The van der Waals surface area contributed by atoms with Crippen molar-refractivity contribution in [3.8, 4) is 0 Å². The molecule has 1 aliphatic carbocycles. The minimum Gasteiger partial charge on any atom is -0.481 e. The molecule has 0 saturated heterocycles. The zero-order valence-corrected chi connectivity index (χ0v) is 13.3. The SMILES string of the molecule is Cc1cccc2c(CCNC(=O)[C@@H]3CC[C@H](C(=O)O)C3)c[nH]c12. The van der Waals surface area contributed by atoms with Crippen molar-refractivity contribution in [3.63, 3.8) is 0 Å². The molecule has 1 heterocycles. The van der Waals surface area contributed by atoms with Crippen molar-refractivity contribution in [2.75, 3.05) is 6.54 Å². The molecule has 0 unspecified atom stereocenters. The predicted octanol–water partition coefficient (Wildman–Crippen LogP) is 2.64. The van der Waals surface area contributed by atoms with E-state index in [1.807, 2.05) is 12.3 Å². The third kappa shape index (κ3) is 3.23. The molecule has 0 radical (unpaired) electrons. The van der Waals surface area contributed by atoms with Crippen molar-refractivity contribution in [2.24, 2.45) is 11.8 Å². The van der Waals surface area contributed by atoms with Crippen LogP contribution in [0.1, 0.15) is 30.4 Å². The topological polar surface area (TPSA) is 82.2 Å². The van der Waals surface area contributed by atoms with E-state index in [9.17, 15) is 9.59 Å². The Morgan fingerprint density at radius 1 is 1.30 bits per heavy atom. The van der Waals surface area contributed by atoms with Crippen molar-refractivity contribution in [2.45, 2.75) is 32.6 Å². The Labute approximate surface area is 135 Å². The van der Waals surface area contributed by atoms with Gasteiger partial charge in [0.1, 0.15) is 0 Å². The average molecular weight is 314 g/mol. The zero-order chi connectivity index (χ0) is 16.4. The summed E-state index contributed by atoms with van der Waals surface area (Å²) in [5.74, 6) is -1.30. The summed E-state index contributed by atoms with van der Waals surface area (Å²) >= 11 is 0. The largest absolute Gasteiger partial charge is 0.481 e. The van der Waals surface area contributed by atoms with E-state index in [0.717, 1.165) is 11.9 Å². The quantitative estimate of drug-likeness (QED) is 0.793. The van der Waals surface area contributed by atoms with Crippen LogP contribution in [0, 0.1) is 18.8 Å². The second-order valence-corrected chi connectivity index (χ2v) is 6.40. The number of nitrogens with one attached hydrogen (secondary N) is 2. The number of hydrogen-bond donors (Lipinski definition) is 3. The Balaban J connectivity index is 1.54.